The second-order valence-corrected chi connectivity index (χ2v) is 7.78. The maximum Gasteiger partial charge on any atom is 0.258 e. The fourth-order valence-corrected chi connectivity index (χ4v) is 3.68. The van der Waals surface area contributed by atoms with Crippen molar-refractivity contribution in [1.82, 2.24) is 10.2 Å². The fourth-order valence-electron chi connectivity index (χ4n) is 3.57. The van der Waals surface area contributed by atoms with Crippen molar-refractivity contribution in [2.75, 3.05) is 46.6 Å². The number of rotatable bonds is 8. The van der Waals surface area contributed by atoms with Crippen molar-refractivity contribution in [3.05, 3.63) is 58.1 Å². The van der Waals surface area contributed by atoms with Crippen LogP contribution in [0.2, 0.25) is 5.02 Å². The number of hydrogen-bond donors (Lipinski definition) is 1. The number of halogens is 1. The molecule has 1 N–H and O–H groups in total. The standard InChI is InChI=1S/C23H29ClN2O4/c1-16-12-20(13-17(2)23(16)24)30-15-22(27)25-14-21(26-8-10-29-11-9-26)18-4-6-19(28-3)7-5-18/h4-7,12-13,21H,8-11,14-15H2,1-3H3,(H,25,27)/t21-/m0/s1. The van der Waals surface area contributed by atoms with Crippen LogP contribution in [0.4, 0.5) is 0 Å². The van der Waals surface area contributed by atoms with Crippen LogP contribution in [-0.2, 0) is 9.53 Å². The molecular weight excluding hydrogens is 404 g/mol. The summed E-state index contributed by atoms with van der Waals surface area (Å²) in [6.45, 7) is 7.33. The summed E-state index contributed by atoms with van der Waals surface area (Å²) in [5, 5.41) is 3.74. The first-order chi connectivity index (χ1) is 14.5. The minimum atomic E-state index is -0.160. The van der Waals surface area contributed by atoms with Gasteiger partial charge in [-0.1, -0.05) is 23.7 Å². The van der Waals surface area contributed by atoms with Crippen molar-refractivity contribution in [2.24, 2.45) is 0 Å². The van der Waals surface area contributed by atoms with Crippen LogP contribution in [-0.4, -0.2) is 57.4 Å². The molecule has 6 nitrogen and oxygen atoms in total. The van der Waals surface area contributed by atoms with Gasteiger partial charge in [-0.3, -0.25) is 9.69 Å². The molecule has 7 heteroatoms. The van der Waals surface area contributed by atoms with Crippen molar-refractivity contribution >= 4 is 17.5 Å². The molecule has 162 valence electrons. The fraction of sp³-hybridized carbons (Fsp3) is 0.435. The number of carbonyl (C=O) groups excluding carboxylic acids is 1. The van der Waals surface area contributed by atoms with E-state index in [1.165, 1.54) is 0 Å². The summed E-state index contributed by atoms with van der Waals surface area (Å²) in [5.41, 5.74) is 2.99. The smallest absolute Gasteiger partial charge is 0.258 e. The molecule has 1 amide bonds. The van der Waals surface area contributed by atoms with Gasteiger partial charge in [-0.15, -0.1) is 0 Å². The molecule has 0 spiro atoms. The van der Waals surface area contributed by atoms with Crippen molar-refractivity contribution in [3.63, 3.8) is 0 Å². The minimum absolute atomic E-state index is 0.0427. The van der Waals surface area contributed by atoms with Crippen LogP contribution in [0.25, 0.3) is 0 Å². The second-order valence-electron chi connectivity index (χ2n) is 7.40. The summed E-state index contributed by atoms with van der Waals surface area (Å²) in [5.74, 6) is 1.29. The van der Waals surface area contributed by atoms with Crippen LogP contribution in [0.1, 0.15) is 22.7 Å². The number of carbonyl (C=O) groups is 1. The van der Waals surface area contributed by atoms with Gasteiger partial charge in [0, 0.05) is 24.7 Å². The van der Waals surface area contributed by atoms with E-state index in [-0.39, 0.29) is 18.6 Å². The highest BCUT2D eigenvalue weighted by molar-refractivity contribution is 6.32. The first-order valence-electron chi connectivity index (χ1n) is 10.1. The first kappa shape index (κ1) is 22.4. The molecule has 3 rings (SSSR count). The number of aryl methyl sites for hydroxylation is 2. The van der Waals surface area contributed by atoms with Gasteiger partial charge >= 0.3 is 0 Å². The van der Waals surface area contributed by atoms with E-state index < -0.39 is 0 Å². The number of nitrogens with one attached hydrogen (secondary N) is 1. The number of benzene rings is 2. The predicted molar refractivity (Wildman–Crippen MR) is 118 cm³/mol. The lowest BCUT2D eigenvalue weighted by molar-refractivity contribution is -0.123. The largest absolute Gasteiger partial charge is 0.497 e. The van der Waals surface area contributed by atoms with E-state index in [1.54, 1.807) is 7.11 Å². The van der Waals surface area contributed by atoms with E-state index in [0.717, 1.165) is 40.6 Å². The van der Waals surface area contributed by atoms with Crippen molar-refractivity contribution in [1.29, 1.82) is 0 Å². The molecule has 1 aliphatic rings. The average molecular weight is 433 g/mol. The molecule has 0 aliphatic carbocycles. The number of amides is 1. The van der Waals surface area contributed by atoms with Gasteiger partial charge in [-0.2, -0.15) is 0 Å². The Labute approximate surface area is 183 Å². The molecule has 30 heavy (non-hydrogen) atoms. The zero-order valence-corrected chi connectivity index (χ0v) is 18.5. The maximum atomic E-state index is 12.4. The summed E-state index contributed by atoms with van der Waals surface area (Å²) >= 11 is 6.19. The number of methoxy groups -OCH3 is 1. The molecule has 2 aromatic rings. The molecule has 1 fully saturated rings. The topological polar surface area (TPSA) is 60.0 Å². The highest BCUT2D eigenvalue weighted by Gasteiger charge is 2.23. The van der Waals surface area contributed by atoms with E-state index in [4.69, 9.17) is 25.8 Å². The lowest BCUT2D eigenvalue weighted by Gasteiger charge is -2.35. The first-order valence-corrected chi connectivity index (χ1v) is 10.5. The summed E-state index contributed by atoms with van der Waals surface area (Å²) in [7, 11) is 1.65. The maximum absolute atomic E-state index is 12.4. The lowest BCUT2D eigenvalue weighted by Crippen LogP contribution is -2.44. The van der Waals surface area contributed by atoms with Gasteiger partial charge in [0.25, 0.3) is 5.91 Å². The number of nitrogens with zero attached hydrogens (tertiary/aromatic N) is 1. The molecule has 1 saturated heterocycles. The Kier molecular flexibility index (Phi) is 7.96. The Morgan fingerprint density at radius 3 is 2.37 bits per heavy atom. The van der Waals surface area contributed by atoms with Gasteiger partial charge in [0.05, 0.1) is 26.4 Å². The molecule has 1 atom stereocenters. The Bertz CT molecular complexity index is 828. The Hall–Kier alpha value is -2.28. The quantitative estimate of drug-likeness (QED) is 0.691. The Balaban J connectivity index is 1.60. The van der Waals surface area contributed by atoms with Gasteiger partial charge in [-0.05, 0) is 54.8 Å². The molecule has 1 heterocycles. The normalized spacial score (nSPS) is 15.5. The molecule has 2 aromatic carbocycles. The summed E-state index contributed by atoms with van der Waals surface area (Å²) < 4.78 is 16.4. The third-order valence-corrected chi connectivity index (χ3v) is 5.86. The Morgan fingerprint density at radius 1 is 1.13 bits per heavy atom. The molecule has 0 unspecified atom stereocenters. The van der Waals surface area contributed by atoms with Crippen molar-refractivity contribution < 1.29 is 19.0 Å². The molecule has 0 bridgehead atoms. The van der Waals surface area contributed by atoms with Gasteiger partial charge < -0.3 is 19.5 Å². The van der Waals surface area contributed by atoms with Gasteiger partial charge in [0.2, 0.25) is 0 Å². The number of morpholine rings is 1. The van der Waals surface area contributed by atoms with Crippen LogP contribution in [0.5, 0.6) is 11.5 Å². The lowest BCUT2D eigenvalue weighted by atomic mass is 10.0. The number of hydrogen-bond acceptors (Lipinski definition) is 5. The predicted octanol–water partition coefficient (Wildman–Crippen LogP) is 3.53. The number of ether oxygens (including phenoxy) is 3. The molecule has 1 aliphatic heterocycles. The minimum Gasteiger partial charge on any atom is -0.497 e. The highest BCUT2D eigenvalue weighted by atomic mass is 35.5. The second kappa shape index (κ2) is 10.7. The van der Waals surface area contributed by atoms with Gasteiger partial charge in [-0.25, -0.2) is 0 Å². The van der Waals surface area contributed by atoms with E-state index in [2.05, 4.69) is 10.2 Å². The van der Waals surface area contributed by atoms with Gasteiger partial charge in [0.15, 0.2) is 6.61 Å². The van der Waals surface area contributed by atoms with Crippen LogP contribution < -0.4 is 14.8 Å². The van der Waals surface area contributed by atoms with Crippen LogP contribution in [0.15, 0.2) is 36.4 Å². The van der Waals surface area contributed by atoms with E-state index in [1.807, 2.05) is 50.2 Å². The van der Waals surface area contributed by atoms with Crippen LogP contribution in [0.3, 0.4) is 0 Å². The third kappa shape index (κ3) is 5.88. The molecular formula is C23H29ClN2O4. The van der Waals surface area contributed by atoms with Crippen molar-refractivity contribution in [3.8, 4) is 11.5 Å². The summed E-state index contributed by atoms with van der Waals surface area (Å²) in [6, 6.07) is 11.7. The summed E-state index contributed by atoms with van der Waals surface area (Å²) in [6.07, 6.45) is 0. The molecule has 0 aromatic heterocycles. The third-order valence-electron chi connectivity index (χ3n) is 5.26. The molecule has 0 radical (unpaired) electrons. The monoisotopic (exact) mass is 432 g/mol. The van der Waals surface area contributed by atoms with E-state index in [0.29, 0.717) is 25.5 Å². The Morgan fingerprint density at radius 2 is 1.77 bits per heavy atom. The van der Waals surface area contributed by atoms with Crippen LogP contribution >= 0.6 is 11.6 Å². The SMILES string of the molecule is COc1ccc([C@H](CNC(=O)COc2cc(C)c(Cl)c(C)c2)N2CCOCC2)cc1. The van der Waals surface area contributed by atoms with Gasteiger partial charge in [0.1, 0.15) is 11.5 Å². The van der Waals surface area contributed by atoms with E-state index >= 15 is 0 Å². The van der Waals surface area contributed by atoms with Crippen LogP contribution in [0, 0.1) is 13.8 Å². The molecule has 0 saturated carbocycles. The van der Waals surface area contributed by atoms with E-state index in [9.17, 15) is 4.79 Å². The highest BCUT2D eigenvalue weighted by Crippen LogP contribution is 2.26. The average Bonchev–Trinajstić information content (AvgIpc) is 2.77. The summed E-state index contributed by atoms with van der Waals surface area (Å²) in [4.78, 5) is 14.8. The van der Waals surface area contributed by atoms with Crippen molar-refractivity contribution in [2.45, 2.75) is 19.9 Å². The zero-order valence-electron chi connectivity index (χ0n) is 17.7. The zero-order chi connectivity index (χ0) is 21.5.